The van der Waals surface area contributed by atoms with Crippen LogP contribution >= 0.6 is 0 Å². The molecule has 3 aromatic rings. The van der Waals surface area contributed by atoms with Crippen molar-refractivity contribution in [1.29, 1.82) is 0 Å². The van der Waals surface area contributed by atoms with Crippen molar-refractivity contribution in [2.75, 3.05) is 32.5 Å². The van der Waals surface area contributed by atoms with Gasteiger partial charge in [-0.1, -0.05) is 6.07 Å². The van der Waals surface area contributed by atoms with Crippen molar-refractivity contribution >= 4 is 21.4 Å². The zero-order valence-electron chi connectivity index (χ0n) is 18.6. The summed E-state index contributed by atoms with van der Waals surface area (Å²) in [7, 11) is -0.312. The molecule has 10 nitrogen and oxygen atoms in total. The van der Waals surface area contributed by atoms with Gasteiger partial charge in [0.05, 0.1) is 16.0 Å². The molecule has 0 saturated carbocycles. The summed E-state index contributed by atoms with van der Waals surface area (Å²) in [5.41, 5.74) is 0.202. The van der Waals surface area contributed by atoms with Crippen molar-refractivity contribution < 1.29 is 22.5 Å². The highest BCUT2D eigenvalue weighted by Crippen LogP contribution is 2.29. The Hall–Kier alpha value is -3.61. The number of rotatable bonds is 11. The van der Waals surface area contributed by atoms with E-state index in [0.29, 0.717) is 17.9 Å². The van der Waals surface area contributed by atoms with E-state index >= 15 is 0 Å². The zero-order valence-corrected chi connectivity index (χ0v) is 19.4. The van der Waals surface area contributed by atoms with Gasteiger partial charge in [0.15, 0.2) is 11.6 Å². The van der Waals surface area contributed by atoms with Crippen LogP contribution in [-0.2, 0) is 16.6 Å². The van der Waals surface area contributed by atoms with E-state index in [-0.39, 0.29) is 29.4 Å². The third-order valence-corrected chi connectivity index (χ3v) is 6.13. The summed E-state index contributed by atoms with van der Waals surface area (Å²) in [6.07, 6.45) is 3.02. The van der Waals surface area contributed by atoms with Gasteiger partial charge in [0.25, 0.3) is 5.69 Å². The van der Waals surface area contributed by atoms with Crippen molar-refractivity contribution in [3.8, 4) is 11.5 Å². The SMILES string of the molecule is CN(C)CCNS(=O)(=O)c1ccc(NCc2ccc(Oc3cccnc3)c(F)c2)c([N+](=O)[O-])c1. The third-order valence-electron chi connectivity index (χ3n) is 4.67. The van der Waals surface area contributed by atoms with Gasteiger partial charge in [-0.3, -0.25) is 15.1 Å². The molecule has 0 aliphatic heterocycles. The molecule has 0 aliphatic carbocycles. The highest BCUT2D eigenvalue weighted by atomic mass is 32.2. The summed E-state index contributed by atoms with van der Waals surface area (Å²) in [6, 6.07) is 11.2. The average Bonchev–Trinajstić information content (AvgIpc) is 2.79. The lowest BCUT2D eigenvalue weighted by Gasteiger charge is -2.12. The minimum atomic E-state index is -3.91. The summed E-state index contributed by atoms with van der Waals surface area (Å²) in [6.45, 7) is 0.705. The van der Waals surface area contributed by atoms with Crippen molar-refractivity contribution in [1.82, 2.24) is 14.6 Å². The van der Waals surface area contributed by atoms with Crippen LogP contribution in [0.15, 0.2) is 65.8 Å². The molecule has 0 aliphatic rings. The van der Waals surface area contributed by atoms with Crippen LogP contribution in [-0.4, -0.2) is 50.4 Å². The smallest absolute Gasteiger partial charge is 0.293 e. The van der Waals surface area contributed by atoms with Gasteiger partial charge in [-0.25, -0.2) is 17.5 Å². The van der Waals surface area contributed by atoms with Gasteiger partial charge < -0.3 is 15.0 Å². The molecule has 0 spiro atoms. The first-order chi connectivity index (χ1) is 16.2. The molecule has 0 fully saturated rings. The Kier molecular flexibility index (Phi) is 8.10. The van der Waals surface area contributed by atoms with E-state index in [4.69, 9.17) is 4.74 Å². The lowest BCUT2D eigenvalue weighted by Crippen LogP contribution is -2.31. The number of aromatic nitrogens is 1. The second kappa shape index (κ2) is 11.0. The lowest BCUT2D eigenvalue weighted by atomic mass is 10.2. The Morgan fingerprint density at radius 3 is 2.62 bits per heavy atom. The minimum absolute atomic E-state index is 0.0130. The molecule has 2 N–H and O–H groups in total. The highest BCUT2D eigenvalue weighted by molar-refractivity contribution is 7.89. The first-order valence-electron chi connectivity index (χ1n) is 10.2. The predicted octanol–water partition coefficient (Wildman–Crippen LogP) is 3.37. The van der Waals surface area contributed by atoms with Gasteiger partial charge >= 0.3 is 0 Å². The molecule has 0 radical (unpaired) electrons. The molecule has 0 amide bonds. The fourth-order valence-corrected chi connectivity index (χ4v) is 3.98. The minimum Gasteiger partial charge on any atom is -0.453 e. The summed E-state index contributed by atoms with van der Waals surface area (Å²) in [5, 5.41) is 14.4. The Morgan fingerprint density at radius 2 is 1.97 bits per heavy atom. The number of nitro benzene ring substituents is 1. The third kappa shape index (κ3) is 6.70. The zero-order chi connectivity index (χ0) is 24.7. The van der Waals surface area contributed by atoms with E-state index in [0.717, 1.165) is 6.07 Å². The second-order valence-corrected chi connectivity index (χ2v) is 9.31. The van der Waals surface area contributed by atoms with E-state index < -0.39 is 26.5 Å². The summed E-state index contributed by atoms with van der Waals surface area (Å²) in [4.78, 5) is 16.4. The number of benzene rings is 2. The van der Waals surface area contributed by atoms with E-state index in [1.807, 2.05) is 0 Å². The monoisotopic (exact) mass is 489 g/mol. The largest absolute Gasteiger partial charge is 0.453 e. The normalized spacial score (nSPS) is 11.4. The van der Waals surface area contributed by atoms with E-state index in [1.165, 1.54) is 30.5 Å². The van der Waals surface area contributed by atoms with Crippen molar-refractivity contribution in [2.24, 2.45) is 0 Å². The number of nitro groups is 1. The molecule has 12 heteroatoms. The summed E-state index contributed by atoms with van der Waals surface area (Å²) in [5.74, 6) is -0.212. The van der Waals surface area contributed by atoms with Crippen LogP contribution in [0.3, 0.4) is 0 Å². The number of hydrogen-bond acceptors (Lipinski definition) is 8. The summed E-state index contributed by atoms with van der Waals surface area (Å²) >= 11 is 0. The number of sulfonamides is 1. The number of ether oxygens (including phenoxy) is 1. The van der Waals surface area contributed by atoms with Crippen LogP contribution in [0.1, 0.15) is 5.56 Å². The predicted molar refractivity (Wildman–Crippen MR) is 125 cm³/mol. The molecule has 34 heavy (non-hydrogen) atoms. The molecule has 0 bridgehead atoms. The Morgan fingerprint density at radius 1 is 1.18 bits per heavy atom. The number of nitrogens with zero attached hydrogens (tertiary/aromatic N) is 3. The van der Waals surface area contributed by atoms with Crippen LogP contribution in [0.5, 0.6) is 11.5 Å². The quantitative estimate of drug-likeness (QED) is 0.310. The van der Waals surface area contributed by atoms with Gasteiger partial charge in [-0.05, 0) is 56.1 Å². The first kappa shape index (κ1) is 25.0. The fraction of sp³-hybridized carbons (Fsp3) is 0.227. The average molecular weight is 490 g/mol. The fourth-order valence-electron chi connectivity index (χ4n) is 2.93. The van der Waals surface area contributed by atoms with E-state index in [9.17, 15) is 22.9 Å². The van der Waals surface area contributed by atoms with E-state index in [1.54, 1.807) is 43.4 Å². The van der Waals surface area contributed by atoms with Crippen molar-refractivity contribution in [2.45, 2.75) is 11.4 Å². The van der Waals surface area contributed by atoms with Crippen LogP contribution in [0.2, 0.25) is 0 Å². The molecule has 1 heterocycles. The molecule has 180 valence electrons. The van der Waals surface area contributed by atoms with Gasteiger partial charge in [0.1, 0.15) is 11.4 Å². The molecule has 2 aromatic carbocycles. The second-order valence-electron chi connectivity index (χ2n) is 7.55. The first-order valence-corrected chi connectivity index (χ1v) is 11.7. The van der Waals surface area contributed by atoms with Gasteiger partial charge in [0.2, 0.25) is 10.0 Å². The molecule has 0 unspecified atom stereocenters. The van der Waals surface area contributed by atoms with Crippen LogP contribution < -0.4 is 14.8 Å². The molecule has 1 aromatic heterocycles. The molecule has 3 rings (SSSR count). The van der Waals surface area contributed by atoms with Crippen molar-refractivity contribution in [3.63, 3.8) is 0 Å². The highest BCUT2D eigenvalue weighted by Gasteiger charge is 2.21. The molecule has 0 saturated heterocycles. The Balaban J connectivity index is 1.71. The van der Waals surface area contributed by atoms with Gasteiger partial charge in [0, 0.05) is 31.9 Å². The number of likely N-dealkylation sites (N-methyl/N-ethyl adjacent to an activating group) is 1. The maximum Gasteiger partial charge on any atom is 0.293 e. The Bertz CT molecular complexity index is 1260. The van der Waals surface area contributed by atoms with E-state index in [2.05, 4.69) is 15.0 Å². The number of nitrogens with one attached hydrogen (secondary N) is 2. The molecular formula is C22H24FN5O5S. The number of halogens is 1. The topological polar surface area (TPSA) is 127 Å². The number of pyridine rings is 1. The summed E-state index contributed by atoms with van der Waals surface area (Å²) < 4.78 is 47.2. The Labute approximate surface area is 196 Å². The maximum atomic E-state index is 14.4. The maximum absolute atomic E-state index is 14.4. The lowest BCUT2D eigenvalue weighted by molar-refractivity contribution is -0.384. The number of hydrogen-bond donors (Lipinski definition) is 2. The molecular weight excluding hydrogens is 465 g/mol. The van der Waals surface area contributed by atoms with Gasteiger partial charge in [-0.15, -0.1) is 0 Å². The standard InChI is InChI=1S/C22H24FN5O5S/c1-27(2)11-10-26-34(31,32)18-6-7-20(21(13-18)28(29)30)25-14-16-5-8-22(19(23)12-16)33-17-4-3-9-24-15-17/h3-9,12-13,15,25-26H,10-11,14H2,1-2H3. The van der Waals surface area contributed by atoms with Crippen LogP contribution in [0.4, 0.5) is 15.8 Å². The molecule has 0 atom stereocenters. The number of anilines is 1. The van der Waals surface area contributed by atoms with Gasteiger partial charge in [-0.2, -0.15) is 0 Å². The van der Waals surface area contributed by atoms with Crippen LogP contribution in [0, 0.1) is 15.9 Å². The van der Waals surface area contributed by atoms with Crippen molar-refractivity contribution in [3.05, 3.63) is 82.4 Å². The van der Waals surface area contributed by atoms with Crippen LogP contribution in [0.25, 0.3) is 0 Å².